The highest BCUT2D eigenvalue weighted by Gasteiger charge is 1.95. The maximum atomic E-state index is 10.3. The first kappa shape index (κ1) is 5.22. The number of hydrogen-bond acceptors (Lipinski definition) is 2. The molecule has 0 aliphatic rings. The molecule has 4 nitrogen and oxygen atoms in total. The molecule has 50 valence electrons. The Hall–Kier alpha value is -1.58. The molecule has 0 bridgehead atoms. The highest BCUT2D eigenvalue weighted by Crippen LogP contribution is 1.98. The Morgan fingerprint density at radius 3 is 3.30 bits per heavy atom. The summed E-state index contributed by atoms with van der Waals surface area (Å²) < 4.78 is 3.03. The van der Waals surface area contributed by atoms with Gasteiger partial charge in [0.25, 0.3) is 0 Å². The van der Waals surface area contributed by atoms with E-state index in [2.05, 4.69) is 4.98 Å². The van der Waals surface area contributed by atoms with Crippen LogP contribution in [-0.4, -0.2) is 20.6 Å². The van der Waals surface area contributed by atoms with Crippen LogP contribution < -0.4 is 0 Å². The van der Waals surface area contributed by atoms with Gasteiger partial charge >= 0.3 is 0 Å². The second kappa shape index (κ2) is 1.70. The van der Waals surface area contributed by atoms with E-state index in [9.17, 15) is 4.79 Å². The molecule has 0 saturated carbocycles. The van der Waals surface area contributed by atoms with Crippen LogP contribution in [0.1, 0.15) is 0 Å². The van der Waals surface area contributed by atoms with Crippen LogP contribution in [0.3, 0.4) is 0 Å². The van der Waals surface area contributed by atoms with Crippen molar-refractivity contribution in [2.75, 3.05) is 0 Å². The van der Waals surface area contributed by atoms with Gasteiger partial charge < -0.3 is 0 Å². The Labute approximate surface area is 56.7 Å². The molecule has 0 amide bonds. The van der Waals surface area contributed by atoms with Gasteiger partial charge in [-0.3, -0.25) is 4.79 Å². The first-order valence-corrected chi connectivity index (χ1v) is 2.87. The average Bonchev–Trinajstić information content (AvgIpc) is 2.44. The zero-order valence-electron chi connectivity index (χ0n) is 5.14. The van der Waals surface area contributed by atoms with Crippen molar-refractivity contribution in [3.8, 4) is 0 Å². The van der Waals surface area contributed by atoms with Crippen LogP contribution in [0.4, 0.5) is 0 Å². The fourth-order valence-corrected chi connectivity index (χ4v) is 0.913. The lowest BCUT2D eigenvalue weighted by Gasteiger charge is -1.87. The smallest absolute Gasteiger partial charge is 0.234 e. The monoisotopic (exact) mass is 135 g/mol. The SMILES string of the molecule is O=Cn1cnc2cccn21. The lowest BCUT2D eigenvalue weighted by atomic mass is 10.6. The van der Waals surface area contributed by atoms with E-state index < -0.39 is 0 Å². The molecule has 0 aromatic carbocycles. The molecule has 0 fully saturated rings. The summed E-state index contributed by atoms with van der Waals surface area (Å²) in [5.74, 6) is 0. The number of carbonyl (C=O) groups excluding carboxylic acids is 1. The van der Waals surface area contributed by atoms with Crippen molar-refractivity contribution < 1.29 is 4.79 Å². The first-order chi connectivity index (χ1) is 4.92. The van der Waals surface area contributed by atoms with Gasteiger partial charge in [-0.1, -0.05) is 0 Å². The van der Waals surface area contributed by atoms with Crippen LogP contribution in [0.2, 0.25) is 0 Å². The highest BCUT2D eigenvalue weighted by atomic mass is 16.1. The van der Waals surface area contributed by atoms with Crippen molar-refractivity contribution in [1.29, 1.82) is 0 Å². The third kappa shape index (κ3) is 0.500. The van der Waals surface area contributed by atoms with E-state index in [0.29, 0.717) is 6.41 Å². The summed E-state index contributed by atoms with van der Waals surface area (Å²) in [6, 6.07) is 3.67. The minimum absolute atomic E-state index is 0.708. The van der Waals surface area contributed by atoms with E-state index in [4.69, 9.17) is 0 Å². The predicted octanol–water partition coefficient (Wildman–Crippen LogP) is 0.174. The number of nitrogens with zero attached hydrogens (tertiary/aromatic N) is 3. The minimum atomic E-state index is 0.708. The summed E-state index contributed by atoms with van der Waals surface area (Å²) in [5, 5.41) is 0. The van der Waals surface area contributed by atoms with Gasteiger partial charge in [0.1, 0.15) is 6.33 Å². The average molecular weight is 135 g/mol. The van der Waals surface area contributed by atoms with Crippen LogP contribution in [-0.2, 0) is 4.79 Å². The van der Waals surface area contributed by atoms with E-state index in [1.165, 1.54) is 11.0 Å². The van der Waals surface area contributed by atoms with Crippen LogP contribution in [0.5, 0.6) is 0 Å². The number of rotatable bonds is 1. The van der Waals surface area contributed by atoms with E-state index in [1.54, 1.807) is 10.7 Å². The molecule has 2 aromatic heterocycles. The van der Waals surface area contributed by atoms with Gasteiger partial charge in [-0.2, -0.15) is 0 Å². The van der Waals surface area contributed by atoms with Crippen molar-refractivity contribution >= 4 is 12.1 Å². The van der Waals surface area contributed by atoms with Crippen molar-refractivity contribution in [2.45, 2.75) is 0 Å². The van der Waals surface area contributed by atoms with Gasteiger partial charge in [0.2, 0.25) is 6.41 Å². The van der Waals surface area contributed by atoms with Gasteiger partial charge in [-0.15, -0.1) is 0 Å². The van der Waals surface area contributed by atoms with Gasteiger partial charge in [0.15, 0.2) is 5.65 Å². The third-order valence-electron chi connectivity index (χ3n) is 1.37. The maximum absolute atomic E-state index is 10.3. The second-order valence-electron chi connectivity index (χ2n) is 1.94. The van der Waals surface area contributed by atoms with Gasteiger partial charge in [0, 0.05) is 6.20 Å². The standard InChI is InChI=1S/C6H5N3O/c10-5-8-4-7-6-2-1-3-9(6)8/h1-5H. The number of carbonyl (C=O) groups is 1. The molecule has 0 radical (unpaired) electrons. The summed E-state index contributed by atoms with van der Waals surface area (Å²) in [4.78, 5) is 14.2. The second-order valence-corrected chi connectivity index (χ2v) is 1.94. The molecule has 10 heavy (non-hydrogen) atoms. The van der Waals surface area contributed by atoms with E-state index in [0.717, 1.165) is 5.65 Å². The van der Waals surface area contributed by atoms with Crippen molar-refractivity contribution in [3.63, 3.8) is 0 Å². The van der Waals surface area contributed by atoms with E-state index in [-0.39, 0.29) is 0 Å². The van der Waals surface area contributed by atoms with E-state index in [1.807, 2.05) is 12.1 Å². The lowest BCUT2D eigenvalue weighted by molar-refractivity contribution is 0.537. The topological polar surface area (TPSA) is 39.3 Å². The molecule has 4 heteroatoms. The van der Waals surface area contributed by atoms with Crippen LogP contribution >= 0.6 is 0 Å². The molecule has 2 aromatic rings. The molecule has 2 rings (SSSR count). The van der Waals surface area contributed by atoms with E-state index >= 15 is 0 Å². The number of fused-ring (bicyclic) bond motifs is 1. The highest BCUT2D eigenvalue weighted by molar-refractivity contribution is 5.53. The molecule has 0 aliphatic heterocycles. The predicted molar refractivity (Wildman–Crippen MR) is 35.3 cm³/mol. The van der Waals surface area contributed by atoms with Crippen molar-refractivity contribution in [1.82, 2.24) is 14.2 Å². The van der Waals surface area contributed by atoms with Gasteiger partial charge in [-0.25, -0.2) is 14.2 Å². The lowest BCUT2D eigenvalue weighted by Crippen LogP contribution is -1.99. The van der Waals surface area contributed by atoms with Crippen LogP contribution in [0.15, 0.2) is 24.7 Å². The largest absolute Gasteiger partial charge is 0.276 e. The normalized spacial score (nSPS) is 10.4. The molecular weight excluding hydrogens is 130 g/mol. The Balaban J connectivity index is 2.88. The Kier molecular flexibility index (Phi) is 0.887. The molecule has 0 saturated heterocycles. The Bertz CT molecular complexity index is 360. The molecule has 0 atom stereocenters. The molecule has 2 heterocycles. The maximum Gasteiger partial charge on any atom is 0.234 e. The fraction of sp³-hybridized carbons (Fsp3) is 0. The quantitative estimate of drug-likeness (QED) is 0.523. The zero-order chi connectivity index (χ0) is 6.97. The summed E-state index contributed by atoms with van der Waals surface area (Å²) in [6.45, 7) is 0. The first-order valence-electron chi connectivity index (χ1n) is 2.87. The third-order valence-corrected chi connectivity index (χ3v) is 1.37. The zero-order valence-corrected chi connectivity index (χ0v) is 5.14. The van der Waals surface area contributed by atoms with Crippen molar-refractivity contribution in [3.05, 3.63) is 24.7 Å². The van der Waals surface area contributed by atoms with Crippen LogP contribution in [0.25, 0.3) is 5.65 Å². The molecular formula is C6H5N3O. The van der Waals surface area contributed by atoms with Gasteiger partial charge in [0.05, 0.1) is 0 Å². The fourth-order valence-electron chi connectivity index (χ4n) is 0.913. The number of aromatic nitrogens is 3. The minimum Gasteiger partial charge on any atom is -0.276 e. The van der Waals surface area contributed by atoms with Crippen LogP contribution in [0, 0.1) is 0 Å². The van der Waals surface area contributed by atoms with Gasteiger partial charge in [-0.05, 0) is 12.1 Å². The molecule has 0 unspecified atom stereocenters. The van der Waals surface area contributed by atoms with Crippen molar-refractivity contribution in [2.24, 2.45) is 0 Å². The Morgan fingerprint density at radius 1 is 1.60 bits per heavy atom. The summed E-state index contributed by atoms with van der Waals surface area (Å²) in [6.07, 6.45) is 3.96. The number of hydrogen-bond donors (Lipinski definition) is 0. The summed E-state index contributed by atoms with van der Waals surface area (Å²) in [7, 11) is 0. The Morgan fingerprint density at radius 2 is 2.50 bits per heavy atom. The molecule has 0 N–H and O–H groups in total. The molecule has 0 spiro atoms. The summed E-state index contributed by atoms with van der Waals surface area (Å²) >= 11 is 0. The summed E-state index contributed by atoms with van der Waals surface area (Å²) in [5.41, 5.74) is 0.784. The molecule has 0 aliphatic carbocycles.